The molecule has 4 nitrogen and oxygen atoms in total. The highest BCUT2D eigenvalue weighted by Crippen LogP contribution is 2.24. The molecule has 0 aliphatic rings. The summed E-state index contributed by atoms with van der Waals surface area (Å²) < 4.78 is 53.1. The molecule has 0 saturated heterocycles. The van der Waals surface area contributed by atoms with Crippen LogP contribution in [0.1, 0.15) is 10.4 Å². The van der Waals surface area contributed by atoms with Crippen molar-refractivity contribution in [3.8, 4) is 0 Å². The molecule has 1 N–H and O–H groups in total. The molecular formula is C21H14ClF2NO3S. The van der Waals surface area contributed by atoms with Gasteiger partial charge in [0.1, 0.15) is 16.5 Å². The molecule has 0 fully saturated rings. The van der Waals surface area contributed by atoms with Gasteiger partial charge in [0.2, 0.25) is 15.6 Å². The maximum atomic E-state index is 13.9. The Morgan fingerprint density at radius 1 is 0.931 bits per heavy atom. The number of carbonyl (C=O) groups excluding carboxylic acids is 1. The number of benzene rings is 3. The second kappa shape index (κ2) is 8.55. The second-order valence-corrected chi connectivity index (χ2v) is 8.28. The summed E-state index contributed by atoms with van der Waals surface area (Å²) in [6, 6.07) is 15.8. The molecule has 0 radical (unpaired) electrons. The highest BCUT2D eigenvalue weighted by Gasteiger charge is 2.28. The van der Waals surface area contributed by atoms with E-state index in [1.807, 2.05) is 0 Å². The highest BCUT2D eigenvalue weighted by molar-refractivity contribution is 7.96. The minimum Gasteiger partial charge on any atom is -0.358 e. The monoisotopic (exact) mass is 433 g/mol. The van der Waals surface area contributed by atoms with E-state index in [1.54, 1.807) is 6.07 Å². The van der Waals surface area contributed by atoms with Crippen molar-refractivity contribution in [2.45, 2.75) is 4.90 Å². The van der Waals surface area contributed by atoms with Crippen molar-refractivity contribution in [1.29, 1.82) is 0 Å². The summed E-state index contributed by atoms with van der Waals surface area (Å²) >= 11 is 5.82. The lowest BCUT2D eigenvalue weighted by Gasteiger charge is -2.11. The standard InChI is InChI=1S/C21H14ClF2NO3S/c22-15-8-6-14(7-9-15)21(26)20(29(27,28)17-4-2-1-3-5-17)13-25-19-11-10-16(23)12-18(19)24/h1-13,25H/b20-13+. The maximum Gasteiger partial charge on any atom is 0.211 e. The molecule has 3 rings (SSSR count). The highest BCUT2D eigenvalue weighted by atomic mass is 35.5. The molecule has 0 aliphatic heterocycles. The van der Waals surface area contributed by atoms with Crippen LogP contribution in [-0.2, 0) is 9.84 Å². The topological polar surface area (TPSA) is 63.2 Å². The molecule has 0 aliphatic carbocycles. The summed E-state index contributed by atoms with van der Waals surface area (Å²) in [5.74, 6) is -2.52. The number of halogens is 3. The van der Waals surface area contributed by atoms with Crippen molar-refractivity contribution in [1.82, 2.24) is 0 Å². The van der Waals surface area contributed by atoms with Crippen LogP contribution in [-0.4, -0.2) is 14.2 Å². The van der Waals surface area contributed by atoms with Crippen LogP contribution in [0.5, 0.6) is 0 Å². The molecule has 0 spiro atoms. The predicted molar refractivity (Wildman–Crippen MR) is 107 cm³/mol. The normalized spacial score (nSPS) is 11.9. The fraction of sp³-hybridized carbons (Fsp3) is 0. The molecule has 0 bridgehead atoms. The maximum absolute atomic E-state index is 13.9. The Morgan fingerprint density at radius 2 is 1.59 bits per heavy atom. The number of sulfone groups is 1. The molecule has 29 heavy (non-hydrogen) atoms. The van der Waals surface area contributed by atoms with Gasteiger partial charge in [-0.3, -0.25) is 4.79 Å². The summed E-state index contributed by atoms with van der Waals surface area (Å²) in [6.45, 7) is 0. The van der Waals surface area contributed by atoms with E-state index in [2.05, 4.69) is 5.32 Å². The Kier molecular flexibility index (Phi) is 6.10. The average Bonchev–Trinajstić information content (AvgIpc) is 2.70. The van der Waals surface area contributed by atoms with Crippen molar-refractivity contribution in [3.63, 3.8) is 0 Å². The molecule has 0 saturated carbocycles. The van der Waals surface area contributed by atoms with Crippen molar-refractivity contribution >= 4 is 32.9 Å². The van der Waals surface area contributed by atoms with Gasteiger partial charge in [0.05, 0.1) is 10.6 Å². The van der Waals surface area contributed by atoms with Crippen LogP contribution >= 0.6 is 11.6 Å². The van der Waals surface area contributed by atoms with Crippen molar-refractivity contribution in [2.75, 3.05) is 5.32 Å². The average molecular weight is 434 g/mol. The van der Waals surface area contributed by atoms with Gasteiger partial charge in [0, 0.05) is 22.9 Å². The number of anilines is 1. The third-order valence-corrected chi connectivity index (χ3v) is 5.99. The molecular weight excluding hydrogens is 420 g/mol. The van der Waals surface area contributed by atoms with Gasteiger partial charge in [-0.05, 0) is 48.5 Å². The zero-order valence-electron chi connectivity index (χ0n) is 14.8. The molecule has 3 aromatic rings. The number of rotatable bonds is 6. The lowest BCUT2D eigenvalue weighted by atomic mass is 10.1. The summed E-state index contributed by atoms with van der Waals surface area (Å²) in [5.41, 5.74) is -0.0994. The van der Waals surface area contributed by atoms with Crippen molar-refractivity contribution < 1.29 is 22.0 Å². The molecule has 3 aromatic carbocycles. The van der Waals surface area contributed by atoms with E-state index >= 15 is 0 Å². The van der Waals surface area contributed by atoms with Crippen LogP contribution in [0.25, 0.3) is 0 Å². The number of hydrogen-bond acceptors (Lipinski definition) is 4. The zero-order chi connectivity index (χ0) is 21.0. The molecule has 0 amide bonds. The van der Waals surface area contributed by atoms with E-state index in [0.29, 0.717) is 11.1 Å². The first-order valence-electron chi connectivity index (χ1n) is 8.31. The van der Waals surface area contributed by atoms with Crippen LogP contribution in [0.15, 0.2) is 88.8 Å². The first-order chi connectivity index (χ1) is 13.8. The number of hydrogen-bond donors (Lipinski definition) is 1. The smallest absolute Gasteiger partial charge is 0.211 e. The number of carbonyl (C=O) groups is 1. The van der Waals surface area contributed by atoms with E-state index in [4.69, 9.17) is 11.6 Å². The second-order valence-electron chi connectivity index (χ2n) is 5.93. The van der Waals surface area contributed by atoms with Gasteiger partial charge < -0.3 is 5.32 Å². The zero-order valence-corrected chi connectivity index (χ0v) is 16.3. The van der Waals surface area contributed by atoms with Gasteiger partial charge in [0.15, 0.2) is 0 Å². The Balaban J connectivity index is 2.08. The van der Waals surface area contributed by atoms with Gasteiger partial charge in [-0.15, -0.1) is 0 Å². The molecule has 0 aromatic heterocycles. The van der Waals surface area contributed by atoms with Crippen LogP contribution < -0.4 is 5.32 Å². The first-order valence-corrected chi connectivity index (χ1v) is 10.2. The summed E-state index contributed by atoms with van der Waals surface area (Å²) in [4.78, 5) is 12.2. The largest absolute Gasteiger partial charge is 0.358 e. The SMILES string of the molecule is O=C(/C(=C\Nc1ccc(F)cc1F)S(=O)(=O)c1ccccc1)c1ccc(Cl)cc1. The molecule has 0 heterocycles. The lowest BCUT2D eigenvalue weighted by molar-refractivity contribution is 0.104. The number of nitrogens with one attached hydrogen (secondary N) is 1. The minimum absolute atomic E-state index is 0.0848. The number of ketones is 1. The number of allylic oxidation sites excluding steroid dienone is 1. The Bertz CT molecular complexity index is 1180. The molecule has 0 atom stereocenters. The van der Waals surface area contributed by atoms with Crippen LogP contribution in [0.2, 0.25) is 5.02 Å². The van der Waals surface area contributed by atoms with Crippen LogP contribution in [0, 0.1) is 11.6 Å². The fourth-order valence-corrected chi connectivity index (χ4v) is 3.96. The molecule has 148 valence electrons. The molecule has 8 heteroatoms. The van der Waals surface area contributed by atoms with Gasteiger partial charge in [-0.25, -0.2) is 17.2 Å². The summed E-state index contributed by atoms with van der Waals surface area (Å²) in [5, 5.41) is 2.83. The van der Waals surface area contributed by atoms with Crippen LogP contribution in [0.3, 0.4) is 0 Å². The Morgan fingerprint density at radius 3 is 2.21 bits per heavy atom. The predicted octanol–water partition coefficient (Wildman–Crippen LogP) is 5.23. The van der Waals surface area contributed by atoms with E-state index in [-0.39, 0.29) is 16.1 Å². The van der Waals surface area contributed by atoms with Gasteiger partial charge in [-0.2, -0.15) is 0 Å². The van der Waals surface area contributed by atoms with Crippen molar-refractivity contribution in [2.24, 2.45) is 0 Å². The molecule has 0 unspecified atom stereocenters. The third-order valence-electron chi connectivity index (χ3n) is 3.96. The summed E-state index contributed by atoms with van der Waals surface area (Å²) in [6.07, 6.45) is 0.898. The fourth-order valence-electron chi connectivity index (χ4n) is 2.49. The summed E-state index contributed by atoms with van der Waals surface area (Å²) in [7, 11) is -4.23. The van der Waals surface area contributed by atoms with Crippen molar-refractivity contribution in [3.05, 3.63) is 106 Å². The van der Waals surface area contributed by atoms with E-state index < -0.39 is 32.2 Å². The van der Waals surface area contributed by atoms with E-state index in [1.165, 1.54) is 48.5 Å². The number of Topliss-reactive ketones (excluding diaryl/α,β-unsaturated/α-hetero) is 1. The third kappa shape index (κ3) is 4.70. The first kappa shape index (κ1) is 20.7. The van der Waals surface area contributed by atoms with E-state index in [0.717, 1.165) is 18.3 Å². The van der Waals surface area contributed by atoms with Gasteiger partial charge >= 0.3 is 0 Å². The Hall–Kier alpha value is -3.03. The van der Waals surface area contributed by atoms with Gasteiger partial charge in [-0.1, -0.05) is 29.8 Å². The van der Waals surface area contributed by atoms with Gasteiger partial charge in [0.25, 0.3) is 0 Å². The van der Waals surface area contributed by atoms with E-state index in [9.17, 15) is 22.0 Å². The lowest BCUT2D eigenvalue weighted by Crippen LogP contribution is -2.16. The quantitative estimate of drug-likeness (QED) is 0.427. The van der Waals surface area contributed by atoms with Crippen LogP contribution in [0.4, 0.5) is 14.5 Å². The minimum atomic E-state index is -4.23. The Labute approximate surface area is 171 Å².